The average molecular weight is 705 g/mol. The maximum atomic E-state index is 5.75. The van der Waals surface area contributed by atoms with Crippen molar-refractivity contribution < 1.29 is 0 Å². The lowest BCUT2D eigenvalue weighted by Crippen LogP contribution is -2.15. The number of aryl methyl sites for hydroxylation is 1. The molecule has 0 spiro atoms. The Kier molecular flexibility index (Phi) is 6.37. The molecule has 11 aromatic rings. The second-order valence-corrected chi connectivity index (χ2v) is 15.6. The fourth-order valence-corrected chi connectivity index (χ4v) is 10.5. The summed E-state index contributed by atoms with van der Waals surface area (Å²) < 4.78 is 5.10. The van der Waals surface area contributed by atoms with Gasteiger partial charge in [0, 0.05) is 47.5 Å². The van der Waals surface area contributed by atoms with Gasteiger partial charge >= 0.3 is 0 Å². The molecule has 0 N–H and O–H groups in total. The zero-order valence-electron chi connectivity index (χ0n) is 29.4. The minimum absolute atomic E-state index is 0.923. The van der Waals surface area contributed by atoms with Gasteiger partial charge in [-0.1, -0.05) is 140 Å². The Hall–Kier alpha value is -6.55. The number of thiophene rings is 1. The summed E-state index contributed by atoms with van der Waals surface area (Å²) in [6.07, 6.45) is 4.32. The maximum absolute atomic E-state index is 5.75. The fourth-order valence-electron chi connectivity index (χ4n) is 9.24. The number of para-hydroxylation sites is 1. The van der Waals surface area contributed by atoms with Crippen LogP contribution in [0.3, 0.4) is 0 Å². The van der Waals surface area contributed by atoms with E-state index in [-0.39, 0.29) is 0 Å². The van der Waals surface area contributed by atoms with Crippen LogP contribution < -0.4 is 0 Å². The van der Waals surface area contributed by atoms with Crippen molar-refractivity contribution in [2.75, 3.05) is 0 Å². The molecule has 0 atom stereocenters. The number of aromatic nitrogens is 1. The Morgan fingerprint density at radius 1 is 0.481 bits per heavy atom. The van der Waals surface area contributed by atoms with Crippen molar-refractivity contribution in [2.45, 2.75) is 12.8 Å². The van der Waals surface area contributed by atoms with Crippen LogP contribution >= 0.6 is 11.3 Å². The fraction of sp³-hybridized carbons (Fsp3) is 0.0392. The Bertz CT molecular complexity index is 3410. The summed E-state index contributed by atoms with van der Waals surface area (Å²) in [5.41, 5.74) is 7.06. The van der Waals surface area contributed by atoms with Crippen molar-refractivity contribution in [3.63, 3.8) is 0 Å². The van der Waals surface area contributed by atoms with Crippen molar-refractivity contribution in [1.82, 2.24) is 4.57 Å². The predicted molar refractivity (Wildman–Crippen MR) is 234 cm³/mol. The van der Waals surface area contributed by atoms with Gasteiger partial charge in [-0.3, -0.25) is 4.57 Å². The molecule has 9 aromatic carbocycles. The Labute approximate surface area is 315 Å². The van der Waals surface area contributed by atoms with E-state index in [1.807, 2.05) is 11.3 Å². The van der Waals surface area contributed by atoms with Gasteiger partial charge in [-0.15, -0.1) is 11.3 Å². The highest BCUT2D eigenvalue weighted by molar-refractivity contribution is 7.26. The third kappa shape index (κ3) is 4.24. The van der Waals surface area contributed by atoms with Gasteiger partial charge in [0.2, 0.25) is 0 Å². The molecule has 0 amide bonds. The van der Waals surface area contributed by atoms with Crippen molar-refractivity contribution in [2.24, 2.45) is 4.99 Å². The lowest BCUT2D eigenvalue weighted by atomic mass is 9.91. The number of nitrogens with zero attached hydrogens (tertiary/aromatic N) is 2. The second-order valence-electron chi connectivity index (χ2n) is 14.5. The first kappa shape index (κ1) is 30.0. The van der Waals surface area contributed by atoms with Gasteiger partial charge in [-0.05, 0) is 86.4 Å². The van der Waals surface area contributed by atoms with Crippen LogP contribution in [0.15, 0.2) is 175 Å². The monoisotopic (exact) mass is 704 g/mol. The number of allylic oxidation sites excluding steroid dienone is 2. The molecule has 0 bridgehead atoms. The van der Waals surface area contributed by atoms with E-state index in [2.05, 4.69) is 174 Å². The predicted octanol–water partition coefficient (Wildman–Crippen LogP) is 14.4. The first-order chi connectivity index (χ1) is 26.8. The van der Waals surface area contributed by atoms with Gasteiger partial charge in [0.15, 0.2) is 0 Å². The maximum Gasteiger partial charge on any atom is 0.145 e. The van der Waals surface area contributed by atoms with Gasteiger partial charge in [0.05, 0.1) is 16.7 Å². The zero-order valence-corrected chi connectivity index (χ0v) is 30.2. The second kappa shape index (κ2) is 11.5. The Balaban J connectivity index is 1.28. The van der Waals surface area contributed by atoms with Gasteiger partial charge in [-0.25, -0.2) is 4.99 Å². The molecule has 0 saturated carbocycles. The lowest BCUT2D eigenvalue weighted by Gasteiger charge is -2.20. The average Bonchev–Trinajstić information content (AvgIpc) is 3.76. The van der Waals surface area contributed by atoms with Crippen LogP contribution in [0.4, 0.5) is 5.69 Å². The van der Waals surface area contributed by atoms with Crippen molar-refractivity contribution in [3.05, 3.63) is 181 Å². The minimum atomic E-state index is 0.923. The smallest absolute Gasteiger partial charge is 0.145 e. The molecule has 54 heavy (non-hydrogen) atoms. The molecular formula is C51H32N2S. The SMILES string of the molecule is C1=C(c2cccc3c2sc2ccccc23)C(n2c3cc4ccccc4cc3c3c4c5ccccc5c5ccccc5c4ccc32)=Nc2ccccc2CC1. The molecule has 12 rings (SSSR count). The number of rotatable bonds is 1. The zero-order chi connectivity index (χ0) is 35.3. The van der Waals surface area contributed by atoms with E-state index >= 15 is 0 Å². The molecule has 3 heterocycles. The first-order valence-corrected chi connectivity index (χ1v) is 19.6. The molecule has 1 aliphatic heterocycles. The third-order valence-electron chi connectivity index (χ3n) is 11.6. The Morgan fingerprint density at radius 2 is 1.13 bits per heavy atom. The summed E-state index contributed by atoms with van der Waals surface area (Å²) in [6.45, 7) is 0. The van der Waals surface area contributed by atoms with Crippen LogP contribution in [0, 0.1) is 0 Å². The van der Waals surface area contributed by atoms with Crippen LogP contribution in [-0.4, -0.2) is 10.4 Å². The molecule has 1 aliphatic rings. The molecule has 252 valence electrons. The minimum Gasteiger partial charge on any atom is -0.293 e. The first-order valence-electron chi connectivity index (χ1n) is 18.8. The number of aliphatic imine (C=N–C) groups is 1. The van der Waals surface area contributed by atoms with Gasteiger partial charge in [0.1, 0.15) is 5.84 Å². The summed E-state index contributed by atoms with van der Waals surface area (Å²) in [7, 11) is 0. The largest absolute Gasteiger partial charge is 0.293 e. The molecule has 0 unspecified atom stereocenters. The number of hydrogen-bond donors (Lipinski definition) is 0. The number of fused-ring (bicyclic) bond motifs is 15. The standard InChI is InChI=1S/C51H32N2S/c1-2-15-33-30-46-43(29-32(33)14-1)49-45(28-27-39-36-19-5-4-17-34(36)35-18-6-7-21-38(35)48(39)49)53(46)51-42(24-11-16-31-13-3-9-25-44(31)52-51)41-23-12-22-40-37-20-8-10-26-47(37)54-50(40)41/h1-10,12-15,17-30H,11,16H2. The van der Waals surface area contributed by atoms with Crippen molar-refractivity contribution in [1.29, 1.82) is 0 Å². The molecule has 0 saturated heterocycles. The molecule has 0 aliphatic carbocycles. The number of hydrogen-bond acceptors (Lipinski definition) is 2. The highest BCUT2D eigenvalue weighted by Crippen LogP contribution is 2.46. The van der Waals surface area contributed by atoms with Crippen LogP contribution in [0.1, 0.15) is 17.5 Å². The summed E-state index contributed by atoms with van der Waals surface area (Å²) in [5.74, 6) is 0.965. The van der Waals surface area contributed by atoms with Crippen molar-refractivity contribution in [3.8, 4) is 0 Å². The van der Waals surface area contributed by atoms with Crippen LogP contribution in [0.2, 0.25) is 0 Å². The van der Waals surface area contributed by atoms with E-state index in [1.54, 1.807) is 0 Å². The van der Waals surface area contributed by atoms with Gasteiger partial charge < -0.3 is 0 Å². The lowest BCUT2D eigenvalue weighted by molar-refractivity contribution is 0.996. The molecule has 2 aromatic heterocycles. The molecule has 0 radical (unpaired) electrons. The summed E-state index contributed by atoms with van der Waals surface area (Å²) in [4.78, 5) is 5.75. The summed E-state index contributed by atoms with van der Waals surface area (Å²) in [6, 6.07) is 60.5. The molecular weight excluding hydrogens is 673 g/mol. The van der Waals surface area contributed by atoms with E-state index in [4.69, 9.17) is 4.99 Å². The van der Waals surface area contributed by atoms with E-state index in [9.17, 15) is 0 Å². The topological polar surface area (TPSA) is 17.3 Å². The van der Waals surface area contributed by atoms with Crippen molar-refractivity contribution >= 4 is 114 Å². The van der Waals surface area contributed by atoms with Gasteiger partial charge in [0.25, 0.3) is 0 Å². The highest BCUT2D eigenvalue weighted by atomic mass is 32.1. The number of benzene rings is 9. The van der Waals surface area contributed by atoms with E-state index in [0.717, 1.165) is 24.4 Å². The van der Waals surface area contributed by atoms with E-state index in [0.29, 0.717) is 0 Å². The van der Waals surface area contributed by atoms with Crippen LogP contribution in [0.5, 0.6) is 0 Å². The summed E-state index contributed by atoms with van der Waals surface area (Å²) in [5, 5.41) is 15.3. The van der Waals surface area contributed by atoms with Crippen LogP contribution in [-0.2, 0) is 6.42 Å². The normalized spacial score (nSPS) is 13.6. The van der Waals surface area contributed by atoms with Crippen LogP contribution in [0.25, 0.3) is 90.6 Å². The summed E-state index contributed by atoms with van der Waals surface area (Å²) >= 11 is 1.89. The van der Waals surface area contributed by atoms with Gasteiger partial charge in [-0.2, -0.15) is 0 Å². The molecule has 0 fully saturated rings. The quantitative estimate of drug-likeness (QED) is 0.151. The third-order valence-corrected chi connectivity index (χ3v) is 12.8. The Morgan fingerprint density at radius 3 is 1.96 bits per heavy atom. The molecule has 2 nitrogen and oxygen atoms in total. The van der Waals surface area contributed by atoms with E-state index < -0.39 is 0 Å². The van der Waals surface area contributed by atoms with E-state index in [1.165, 1.54) is 102 Å². The highest BCUT2D eigenvalue weighted by Gasteiger charge is 2.25. The molecule has 3 heteroatoms.